The summed E-state index contributed by atoms with van der Waals surface area (Å²) in [5.74, 6) is 1.18. The lowest BCUT2D eigenvalue weighted by Gasteiger charge is -2.27. The van der Waals surface area contributed by atoms with Gasteiger partial charge in [-0.1, -0.05) is 11.6 Å². The molecule has 2 fully saturated rings. The molecular formula is C21H29ClN2O3. The lowest BCUT2D eigenvalue weighted by molar-refractivity contribution is -0.127. The van der Waals surface area contributed by atoms with Crippen molar-refractivity contribution in [1.29, 1.82) is 0 Å². The second kappa shape index (κ2) is 9.47. The minimum atomic E-state index is 0.0709. The van der Waals surface area contributed by atoms with Crippen molar-refractivity contribution in [2.75, 3.05) is 39.9 Å². The predicted molar refractivity (Wildman–Crippen MR) is 109 cm³/mol. The molecule has 0 spiro atoms. The summed E-state index contributed by atoms with van der Waals surface area (Å²) in [4.78, 5) is 17.3. The maximum Gasteiger partial charge on any atom is 0.246 e. The van der Waals surface area contributed by atoms with Gasteiger partial charge in [0.2, 0.25) is 5.91 Å². The van der Waals surface area contributed by atoms with Crippen LogP contribution in [0.2, 0.25) is 5.02 Å². The van der Waals surface area contributed by atoms with E-state index in [9.17, 15) is 4.79 Å². The van der Waals surface area contributed by atoms with Crippen molar-refractivity contribution in [2.45, 2.75) is 38.6 Å². The lowest BCUT2D eigenvalue weighted by Crippen LogP contribution is -2.41. The van der Waals surface area contributed by atoms with E-state index in [4.69, 9.17) is 21.1 Å². The third kappa shape index (κ3) is 4.96. The Kier molecular flexibility index (Phi) is 7.02. The average Bonchev–Trinajstić information content (AvgIpc) is 3.32. The summed E-state index contributed by atoms with van der Waals surface area (Å²) in [5, 5.41) is 0.476. The molecule has 0 N–H and O–H groups in total. The fraction of sp³-hybridized carbons (Fsp3) is 0.571. The van der Waals surface area contributed by atoms with Crippen LogP contribution in [0.15, 0.2) is 18.2 Å². The van der Waals surface area contributed by atoms with E-state index in [2.05, 4.69) is 4.90 Å². The number of ether oxygens (including phenoxy) is 2. The molecular weight excluding hydrogens is 364 g/mol. The number of hydrogen-bond donors (Lipinski definition) is 0. The summed E-state index contributed by atoms with van der Waals surface area (Å²) in [6.45, 7) is 6.60. The summed E-state index contributed by atoms with van der Waals surface area (Å²) in [6, 6.07) is 3.97. The SMILES string of the molecule is CCOc1cc(/C=C/C(=O)N2CCCC2CN2CCCC2)cc(Cl)c1OC. The fourth-order valence-electron chi connectivity index (χ4n) is 3.99. The molecule has 2 saturated heterocycles. The van der Waals surface area contributed by atoms with Gasteiger partial charge in [0.05, 0.1) is 18.7 Å². The maximum atomic E-state index is 12.8. The molecule has 2 aliphatic rings. The molecule has 0 bridgehead atoms. The first-order chi connectivity index (χ1) is 13.1. The number of methoxy groups -OCH3 is 1. The monoisotopic (exact) mass is 392 g/mol. The van der Waals surface area contributed by atoms with E-state index in [1.165, 1.54) is 25.9 Å². The first-order valence-corrected chi connectivity index (χ1v) is 10.2. The molecule has 1 amide bonds. The number of nitrogens with zero attached hydrogens (tertiary/aromatic N) is 2. The molecule has 6 heteroatoms. The number of hydrogen-bond acceptors (Lipinski definition) is 4. The van der Waals surface area contributed by atoms with Crippen molar-refractivity contribution in [2.24, 2.45) is 0 Å². The topological polar surface area (TPSA) is 42.0 Å². The number of amides is 1. The molecule has 2 aliphatic heterocycles. The summed E-state index contributed by atoms with van der Waals surface area (Å²) in [6.07, 6.45) is 8.19. The Bertz CT molecular complexity index is 686. The van der Waals surface area contributed by atoms with Crippen molar-refractivity contribution in [3.8, 4) is 11.5 Å². The number of halogens is 1. The van der Waals surface area contributed by atoms with E-state index in [-0.39, 0.29) is 5.91 Å². The van der Waals surface area contributed by atoms with Crippen LogP contribution in [0.1, 0.15) is 38.2 Å². The van der Waals surface area contributed by atoms with Crippen LogP contribution in [0.3, 0.4) is 0 Å². The maximum absolute atomic E-state index is 12.8. The van der Waals surface area contributed by atoms with Crippen LogP contribution in [0.5, 0.6) is 11.5 Å². The van der Waals surface area contributed by atoms with Crippen LogP contribution in [0.4, 0.5) is 0 Å². The minimum absolute atomic E-state index is 0.0709. The summed E-state index contributed by atoms with van der Waals surface area (Å²) >= 11 is 6.29. The van der Waals surface area contributed by atoms with Gasteiger partial charge in [-0.15, -0.1) is 0 Å². The van der Waals surface area contributed by atoms with Crippen molar-refractivity contribution in [3.63, 3.8) is 0 Å². The van der Waals surface area contributed by atoms with E-state index in [1.807, 2.05) is 17.9 Å². The van der Waals surface area contributed by atoms with Gasteiger partial charge in [0, 0.05) is 25.2 Å². The molecule has 1 atom stereocenters. The van der Waals surface area contributed by atoms with Crippen LogP contribution < -0.4 is 9.47 Å². The van der Waals surface area contributed by atoms with Crippen molar-refractivity contribution in [3.05, 3.63) is 28.8 Å². The third-order valence-corrected chi connectivity index (χ3v) is 5.56. The Morgan fingerprint density at radius 2 is 2.04 bits per heavy atom. The van der Waals surface area contributed by atoms with Gasteiger partial charge in [0.15, 0.2) is 11.5 Å². The van der Waals surface area contributed by atoms with Crippen LogP contribution in [0, 0.1) is 0 Å². The Morgan fingerprint density at radius 1 is 1.26 bits per heavy atom. The molecule has 148 valence electrons. The lowest BCUT2D eigenvalue weighted by atomic mass is 10.1. The van der Waals surface area contributed by atoms with Crippen LogP contribution in [-0.2, 0) is 4.79 Å². The highest BCUT2D eigenvalue weighted by molar-refractivity contribution is 6.32. The van der Waals surface area contributed by atoms with Crippen LogP contribution in [0.25, 0.3) is 6.08 Å². The third-order valence-electron chi connectivity index (χ3n) is 5.28. The number of rotatable bonds is 7. The minimum Gasteiger partial charge on any atom is -0.491 e. The van der Waals surface area contributed by atoms with Crippen LogP contribution >= 0.6 is 11.6 Å². The summed E-state index contributed by atoms with van der Waals surface area (Å²) in [5.41, 5.74) is 0.827. The highest BCUT2D eigenvalue weighted by atomic mass is 35.5. The number of benzene rings is 1. The average molecular weight is 393 g/mol. The molecule has 1 unspecified atom stereocenters. The Labute approximate surface area is 166 Å². The Hall–Kier alpha value is -1.72. The molecule has 2 heterocycles. The van der Waals surface area contributed by atoms with Gasteiger partial charge in [0.1, 0.15) is 0 Å². The largest absolute Gasteiger partial charge is 0.491 e. The van der Waals surface area contributed by atoms with E-state index < -0.39 is 0 Å². The summed E-state index contributed by atoms with van der Waals surface area (Å²) < 4.78 is 10.9. The van der Waals surface area contributed by atoms with Gasteiger partial charge in [-0.2, -0.15) is 0 Å². The van der Waals surface area contributed by atoms with Gasteiger partial charge in [-0.3, -0.25) is 4.79 Å². The smallest absolute Gasteiger partial charge is 0.246 e. The molecule has 1 aromatic carbocycles. The molecule has 0 saturated carbocycles. The zero-order chi connectivity index (χ0) is 19.2. The highest BCUT2D eigenvalue weighted by Crippen LogP contribution is 2.36. The van der Waals surface area contributed by atoms with E-state index in [0.717, 1.165) is 31.5 Å². The van der Waals surface area contributed by atoms with Gasteiger partial charge < -0.3 is 19.3 Å². The fourth-order valence-corrected chi connectivity index (χ4v) is 4.28. The standard InChI is InChI=1S/C21H29ClN2O3/c1-3-27-19-14-16(13-18(22)21(19)26-2)8-9-20(25)24-12-6-7-17(24)15-23-10-4-5-11-23/h8-9,13-14,17H,3-7,10-12,15H2,1-2H3/b9-8+. The molecule has 5 nitrogen and oxygen atoms in total. The Morgan fingerprint density at radius 3 is 2.74 bits per heavy atom. The second-order valence-corrected chi connectivity index (χ2v) is 7.54. The number of carbonyl (C=O) groups excluding carboxylic acids is 1. The van der Waals surface area contributed by atoms with E-state index >= 15 is 0 Å². The quantitative estimate of drug-likeness (QED) is 0.661. The molecule has 1 aromatic rings. The van der Waals surface area contributed by atoms with Gasteiger partial charge in [0.25, 0.3) is 0 Å². The van der Waals surface area contributed by atoms with Crippen molar-refractivity contribution >= 4 is 23.6 Å². The van der Waals surface area contributed by atoms with E-state index in [0.29, 0.717) is 29.2 Å². The van der Waals surface area contributed by atoms with Crippen molar-refractivity contribution < 1.29 is 14.3 Å². The number of likely N-dealkylation sites (tertiary alicyclic amines) is 2. The highest BCUT2D eigenvalue weighted by Gasteiger charge is 2.29. The number of carbonyl (C=O) groups is 1. The van der Waals surface area contributed by atoms with Crippen LogP contribution in [-0.4, -0.2) is 61.6 Å². The van der Waals surface area contributed by atoms with Crippen molar-refractivity contribution in [1.82, 2.24) is 9.80 Å². The molecule has 0 radical (unpaired) electrons. The molecule has 27 heavy (non-hydrogen) atoms. The Balaban J connectivity index is 1.68. The second-order valence-electron chi connectivity index (χ2n) is 7.14. The zero-order valence-electron chi connectivity index (χ0n) is 16.2. The zero-order valence-corrected chi connectivity index (χ0v) is 17.0. The predicted octanol–water partition coefficient (Wildman–Crippen LogP) is 3.85. The van der Waals surface area contributed by atoms with Gasteiger partial charge in [-0.25, -0.2) is 0 Å². The molecule has 0 aromatic heterocycles. The first kappa shape index (κ1) is 20.0. The normalized spacial score (nSPS) is 20.6. The molecule has 3 rings (SSSR count). The van der Waals surface area contributed by atoms with Gasteiger partial charge in [-0.05, 0) is 69.5 Å². The summed E-state index contributed by atoms with van der Waals surface area (Å²) in [7, 11) is 1.57. The van der Waals surface area contributed by atoms with E-state index in [1.54, 1.807) is 25.3 Å². The van der Waals surface area contributed by atoms with Gasteiger partial charge >= 0.3 is 0 Å². The first-order valence-electron chi connectivity index (χ1n) is 9.83. The molecule has 0 aliphatic carbocycles.